The molecule has 1 amide bonds. The highest BCUT2D eigenvalue weighted by atomic mass is 16.3. The van der Waals surface area contributed by atoms with E-state index in [2.05, 4.69) is 0 Å². The third-order valence-corrected chi connectivity index (χ3v) is 4.10. The van der Waals surface area contributed by atoms with Gasteiger partial charge in [0.05, 0.1) is 12.5 Å². The first kappa shape index (κ1) is 15.2. The highest BCUT2D eigenvalue weighted by Crippen LogP contribution is 2.27. The van der Waals surface area contributed by atoms with Gasteiger partial charge in [0.15, 0.2) is 0 Å². The fourth-order valence-electron chi connectivity index (χ4n) is 2.58. The van der Waals surface area contributed by atoms with Gasteiger partial charge in [0.25, 0.3) is 0 Å². The fourth-order valence-corrected chi connectivity index (χ4v) is 2.58. The average molecular weight is 309 g/mol. The lowest BCUT2D eigenvalue weighted by atomic mass is 10.1. The summed E-state index contributed by atoms with van der Waals surface area (Å²) in [5, 5.41) is 10.5. The van der Waals surface area contributed by atoms with E-state index in [0.29, 0.717) is 0 Å². The Morgan fingerprint density at radius 3 is 2.70 bits per heavy atom. The molecule has 0 aliphatic rings. The summed E-state index contributed by atoms with van der Waals surface area (Å²) in [5.74, 6) is 0.907. The van der Waals surface area contributed by atoms with Crippen molar-refractivity contribution in [3.8, 4) is 5.75 Å². The number of carbonyl (C=O) groups excluding carboxylic acids is 1. The van der Waals surface area contributed by atoms with Crippen LogP contribution >= 0.6 is 0 Å². The Hall–Kier alpha value is -2.75. The quantitative estimate of drug-likeness (QED) is 0.795. The summed E-state index contributed by atoms with van der Waals surface area (Å²) in [5.41, 5.74) is 1.61. The van der Waals surface area contributed by atoms with Crippen LogP contribution in [0.15, 0.2) is 59.0 Å². The summed E-state index contributed by atoms with van der Waals surface area (Å²) >= 11 is 0. The van der Waals surface area contributed by atoms with E-state index in [-0.39, 0.29) is 24.1 Å². The minimum atomic E-state index is -0.160. The van der Waals surface area contributed by atoms with Gasteiger partial charge >= 0.3 is 0 Å². The molecule has 2 aromatic carbocycles. The van der Waals surface area contributed by atoms with Crippen LogP contribution in [0.25, 0.3) is 11.0 Å². The van der Waals surface area contributed by atoms with Crippen LogP contribution in [-0.4, -0.2) is 23.0 Å². The van der Waals surface area contributed by atoms with E-state index in [1.807, 2.05) is 43.3 Å². The van der Waals surface area contributed by atoms with Gasteiger partial charge in [-0.25, -0.2) is 0 Å². The zero-order chi connectivity index (χ0) is 16.4. The molecule has 1 N–H and O–H groups in total. The second-order valence-electron chi connectivity index (χ2n) is 5.71. The Morgan fingerprint density at radius 2 is 1.96 bits per heavy atom. The lowest BCUT2D eigenvalue weighted by Crippen LogP contribution is -2.30. The number of likely N-dealkylation sites (N-methyl/N-ethyl adjacent to an activating group) is 1. The first-order chi connectivity index (χ1) is 11.0. The largest absolute Gasteiger partial charge is 0.508 e. The molecule has 0 radical (unpaired) electrons. The predicted molar refractivity (Wildman–Crippen MR) is 89.2 cm³/mol. The number of carbonyl (C=O) groups is 1. The van der Waals surface area contributed by atoms with Gasteiger partial charge in [-0.1, -0.05) is 30.3 Å². The van der Waals surface area contributed by atoms with Crippen LogP contribution in [0.4, 0.5) is 0 Å². The van der Waals surface area contributed by atoms with Crippen molar-refractivity contribution in [3.63, 3.8) is 0 Å². The van der Waals surface area contributed by atoms with Crippen molar-refractivity contribution in [2.45, 2.75) is 19.4 Å². The zero-order valence-corrected chi connectivity index (χ0v) is 13.2. The molecule has 0 spiro atoms. The number of rotatable bonds is 4. The van der Waals surface area contributed by atoms with Gasteiger partial charge in [-0.2, -0.15) is 0 Å². The lowest BCUT2D eigenvalue weighted by Gasteiger charge is -2.23. The molecule has 0 saturated carbocycles. The number of phenolic OH excluding ortho intramolecular Hbond substituents is 1. The Labute approximate surface area is 135 Å². The molecule has 0 saturated heterocycles. The number of phenols is 1. The van der Waals surface area contributed by atoms with Gasteiger partial charge in [-0.15, -0.1) is 0 Å². The molecule has 0 fully saturated rings. The molecule has 3 rings (SSSR count). The van der Waals surface area contributed by atoms with E-state index in [9.17, 15) is 9.90 Å². The van der Waals surface area contributed by atoms with Crippen LogP contribution in [0, 0.1) is 0 Å². The normalized spacial score (nSPS) is 12.3. The smallest absolute Gasteiger partial charge is 0.227 e. The van der Waals surface area contributed by atoms with Gasteiger partial charge in [-0.3, -0.25) is 4.79 Å². The Balaban J connectivity index is 1.75. The van der Waals surface area contributed by atoms with Crippen molar-refractivity contribution in [3.05, 3.63) is 65.9 Å². The monoisotopic (exact) mass is 309 g/mol. The van der Waals surface area contributed by atoms with Crippen LogP contribution in [0.2, 0.25) is 0 Å². The number of nitrogens with zero attached hydrogens (tertiary/aromatic N) is 1. The first-order valence-electron chi connectivity index (χ1n) is 7.56. The number of aromatic hydroxyl groups is 1. The third-order valence-electron chi connectivity index (χ3n) is 4.10. The molecule has 3 aromatic rings. The molecule has 0 bridgehead atoms. The number of benzene rings is 2. The van der Waals surface area contributed by atoms with E-state index in [4.69, 9.17) is 4.42 Å². The van der Waals surface area contributed by atoms with Crippen LogP contribution in [-0.2, 0) is 11.2 Å². The van der Waals surface area contributed by atoms with Crippen molar-refractivity contribution >= 4 is 16.9 Å². The number of hydrogen-bond donors (Lipinski definition) is 1. The Kier molecular flexibility index (Phi) is 4.06. The van der Waals surface area contributed by atoms with Gasteiger partial charge < -0.3 is 14.4 Å². The molecule has 1 heterocycles. The standard InChI is InChI=1S/C19H19NO3/c1-13(18-12-15-7-3-4-9-17(15)23-18)20(2)19(22)11-14-6-5-8-16(21)10-14/h3-10,12-13,21H,11H2,1-2H3/t13-/m0/s1. The first-order valence-corrected chi connectivity index (χ1v) is 7.56. The van der Waals surface area contributed by atoms with Gasteiger partial charge in [0, 0.05) is 12.4 Å². The number of amides is 1. The van der Waals surface area contributed by atoms with Crippen LogP contribution < -0.4 is 0 Å². The van der Waals surface area contributed by atoms with Gasteiger partial charge in [0.1, 0.15) is 17.1 Å². The van der Waals surface area contributed by atoms with E-state index in [1.165, 1.54) is 0 Å². The summed E-state index contributed by atoms with van der Waals surface area (Å²) < 4.78 is 5.84. The molecule has 23 heavy (non-hydrogen) atoms. The highest BCUT2D eigenvalue weighted by Gasteiger charge is 2.21. The topological polar surface area (TPSA) is 53.7 Å². The zero-order valence-electron chi connectivity index (χ0n) is 13.2. The van der Waals surface area contributed by atoms with Crippen LogP contribution in [0.5, 0.6) is 5.75 Å². The van der Waals surface area contributed by atoms with Gasteiger partial charge in [0.2, 0.25) is 5.91 Å². The molecule has 4 heteroatoms. The summed E-state index contributed by atoms with van der Waals surface area (Å²) in [4.78, 5) is 14.1. The van der Waals surface area contributed by atoms with E-state index in [0.717, 1.165) is 22.3 Å². The number of hydrogen-bond acceptors (Lipinski definition) is 3. The molecular formula is C19H19NO3. The second-order valence-corrected chi connectivity index (χ2v) is 5.71. The molecule has 0 aliphatic carbocycles. The number of fused-ring (bicyclic) bond motifs is 1. The van der Waals surface area contributed by atoms with Crippen LogP contribution in [0.1, 0.15) is 24.3 Å². The van der Waals surface area contributed by atoms with Crippen molar-refractivity contribution in [1.82, 2.24) is 4.90 Å². The maximum absolute atomic E-state index is 12.5. The highest BCUT2D eigenvalue weighted by molar-refractivity contribution is 5.80. The predicted octanol–water partition coefficient (Wildman–Crippen LogP) is 3.90. The Morgan fingerprint density at radius 1 is 1.17 bits per heavy atom. The number of furan rings is 1. The summed E-state index contributed by atoms with van der Waals surface area (Å²) in [6.45, 7) is 1.94. The van der Waals surface area contributed by atoms with Crippen molar-refractivity contribution in [2.75, 3.05) is 7.05 Å². The van der Waals surface area contributed by atoms with Crippen molar-refractivity contribution < 1.29 is 14.3 Å². The van der Waals surface area contributed by atoms with Crippen LogP contribution in [0.3, 0.4) is 0 Å². The molecule has 0 unspecified atom stereocenters. The third kappa shape index (κ3) is 3.21. The minimum absolute atomic E-state index is 0.0245. The molecule has 4 nitrogen and oxygen atoms in total. The summed E-state index contributed by atoms with van der Waals surface area (Å²) in [6, 6.07) is 16.4. The van der Waals surface area contributed by atoms with Gasteiger partial charge in [-0.05, 0) is 36.8 Å². The van der Waals surface area contributed by atoms with Crippen molar-refractivity contribution in [1.29, 1.82) is 0 Å². The fraction of sp³-hybridized carbons (Fsp3) is 0.211. The summed E-state index contributed by atoms with van der Waals surface area (Å²) in [7, 11) is 1.77. The lowest BCUT2D eigenvalue weighted by molar-refractivity contribution is -0.131. The molecular weight excluding hydrogens is 290 g/mol. The van der Waals surface area contributed by atoms with E-state index in [1.54, 1.807) is 30.1 Å². The minimum Gasteiger partial charge on any atom is -0.508 e. The maximum atomic E-state index is 12.5. The molecule has 118 valence electrons. The summed E-state index contributed by atoms with van der Waals surface area (Å²) in [6.07, 6.45) is 0.246. The number of para-hydroxylation sites is 1. The average Bonchev–Trinajstić information content (AvgIpc) is 2.97. The molecule has 0 aliphatic heterocycles. The maximum Gasteiger partial charge on any atom is 0.227 e. The second kappa shape index (κ2) is 6.16. The molecule has 1 aromatic heterocycles. The van der Waals surface area contributed by atoms with E-state index < -0.39 is 0 Å². The Bertz CT molecular complexity index is 804. The SMILES string of the molecule is C[C@@H](c1cc2ccccc2o1)N(C)C(=O)Cc1cccc(O)c1. The van der Waals surface area contributed by atoms with E-state index >= 15 is 0 Å². The molecule has 1 atom stereocenters. The van der Waals surface area contributed by atoms with Crippen molar-refractivity contribution in [2.24, 2.45) is 0 Å².